The zero-order chi connectivity index (χ0) is 21.0. The quantitative estimate of drug-likeness (QED) is 0.518. The van der Waals surface area contributed by atoms with Crippen molar-refractivity contribution in [1.29, 1.82) is 0 Å². The molecule has 0 spiro atoms. The van der Waals surface area contributed by atoms with Gasteiger partial charge >= 0.3 is 0 Å². The summed E-state index contributed by atoms with van der Waals surface area (Å²) in [5, 5.41) is 0. The lowest BCUT2D eigenvalue weighted by molar-refractivity contribution is -0.136. The minimum Gasteiger partial charge on any atom is -0.336 e. The number of amides is 1. The highest BCUT2D eigenvalue weighted by Gasteiger charge is 2.25. The van der Waals surface area contributed by atoms with Gasteiger partial charge < -0.3 is 9.47 Å². The number of para-hydroxylation sites is 2. The maximum absolute atomic E-state index is 13.4. The molecule has 0 saturated carbocycles. The summed E-state index contributed by atoms with van der Waals surface area (Å²) in [6.45, 7) is 11.0. The first-order chi connectivity index (χ1) is 14.0. The molecule has 1 heterocycles. The number of benzene rings is 2. The number of carbonyl (C=O) groups excluding carboxylic acids is 1. The lowest BCUT2D eigenvalue weighted by atomic mass is 10.1. The first kappa shape index (κ1) is 21.1. The number of hydrogen-bond donors (Lipinski definition) is 0. The van der Waals surface area contributed by atoms with E-state index in [0.29, 0.717) is 6.54 Å². The highest BCUT2D eigenvalue weighted by atomic mass is 16.2. The van der Waals surface area contributed by atoms with Crippen molar-refractivity contribution < 1.29 is 4.79 Å². The third-order valence-electron chi connectivity index (χ3n) is 6.06. The SMILES string of the molecule is CCC(C)N(C(=O)Cn1c(Cc2ccccc2C)nc2ccccc21)C(C)CC. The number of hydrogen-bond acceptors (Lipinski definition) is 2. The Morgan fingerprint density at radius 3 is 2.28 bits per heavy atom. The number of fused-ring (bicyclic) bond motifs is 1. The largest absolute Gasteiger partial charge is 0.336 e. The van der Waals surface area contributed by atoms with E-state index in [0.717, 1.165) is 36.1 Å². The molecular formula is C25H33N3O. The number of nitrogens with zero attached hydrogens (tertiary/aromatic N) is 3. The molecule has 2 atom stereocenters. The van der Waals surface area contributed by atoms with Crippen molar-refractivity contribution >= 4 is 16.9 Å². The Kier molecular flexibility index (Phi) is 6.73. The average molecular weight is 392 g/mol. The normalized spacial score (nSPS) is 13.4. The van der Waals surface area contributed by atoms with Gasteiger partial charge in [0.05, 0.1) is 11.0 Å². The highest BCUT2D eigenvalue weighted by Crippen LogP contribution is 2.21. The summed E-state index contributed by atoms with van der Waals surface area (Å²) in [5.74, 6) is 1.12. The summed E-state index contributed by atoms with van der Waals surface area (Å²) in [7, 11) is 0. The molecule has 0 bridgehead atoms. The van der Waals surface area contributed by atoms with E-state index in [9.17, 15) is 4.79 Å². The van der Waals surface area contributed by atoms with Gasteiger partial charge in [-0.3, -0.25) is 4.79 Å². The number of aromatic nitrogens is 2. The second-order valence-electron chi connectivity index (χ2n) is 8.02. The van der Waals surface area contributed by atoms with Crippen LogP contribution < -0.4 is 0 Å². The lowest BCUT2D eigenvalue weighted by Crippen LogP contribution is -2.45. The molecule has 3 aromatic rings. The Hall–Kier alpha value is -2.62. The van der Waals surface area contributed by atoms with Gasteiger partial charge in [-0.2, -0.15) is 0 Å². The van der Waals surface area contributed by atoms with Gasteiger partial charge in [0.15, 0.2) is 0 Å². The number of rotatable bonds is 8. The first-order valence-corrected chi connectivity index (χ1v) is 10.8. The predicted octanol–water partition coefficient (Wildman–Crippen LogP) is 5.36. The van der Waals surface area contributed by atoms with Crippen molar-refractivity contribution in [3.63, 3.8) is 0 Å². The summed E-state index contributed by atoms with van der Waals surface area (Å²) < 4.78 is 2.11. The van der Waals surface area contributed by atoms with Crippen LogP contribution >= 0.6 is 0 Å². The van der Waals surface area contributed by atoms with Crippen LogP contribution in [0.15, 0.2) is 48.5 Å². The standard InChI is InChI=1S/C25H33N3O/c1-6-19(4)28(20(5)7-2)25(29)17-27-23-15-11-10-14-22(23)26-24(27)16-21-13-9-8-12-18(21)3/h8-15,19-20H,6-7,16-17H2,1-5H3. The third-order valence-corrected chi connectivity index (χ3v) is 6.06. The van der Waals surface area contributed by atoms with Gasteiger partial charge in [-0.1, -0.05) is 50.2 Å². The van der Waals surface area contributed by atoms with Crippen LogP contribution in [-0.4, -0.2) is 32.4 Å². The molecule has 0 aliphatic carbocycles. The van der Waals surface area contributed by atoms with Crippen LogP contribution in [0.3, 0.4) is 0 Å². The maximum atomic E-state index is 13.4. The van der Waals surface area contributed by atoms with Gasteiger partial charge in [-0.05, 0) is 56.9 Å². The smallest absolute Gasteiger partial charge is 0.243 e. The van der Waals surface area contributed by atoms with Gasteiger partial charge in [0, 0.05) is 18.5 Å². The predicted molar refractivity (Wildman–Crippen MR) is 120 cm³/mol. The summed E-state index contributed by atoms with van der Waals surface area (Å²) in [6.07, 6.45) is 2.63. The molecule has 4 nitrogen and oxygen atoms in total. The number of aryl methyl sites for hydroxylation is 1. The minimum atomic E-state index is 0.169. The van der Waals surface area contributed by atoms with E-state index in [1.165, 1.54) is 11.1 Å². The van der Waals surface area contributed by atoms with Crippen molar-refractivity contribution in [2.75, 3.05) is 0 Å². The van der Waals surface area contributed by atoms with E-state index in [-0.39, 0.29) is 18.0 Å². The molecule has 1 aromatic heterocycles. The monoisotopic (exact) mass is 391 g/mol. The maximum Gasteiger partial charge on any atom is 0.243 e. The van der Waals surface area contributed by atoms with Crippen LogP contribution in [0.4, 0.5) is 0 Å². The molecular weight excluding hydrogens is 358 g/mol. The molecule has 0 radical (unpaired) electrons. The van der Waals surface area contributed by atoms with E-state index in [1.54, 1.807) is 0 Å². The molecule has 2 unspecified atom stereocenters. The van der Waals surface area contributed by atoms with Crippen LogP contribution in [0.25, 0.3) is 11.0 Å². The Balaban J connectivity index is 1.99. The Morgan fingerprint density at radius 1 is 1.00 bits per heavy atom. The summed E-state index contributed by atoms with van der Waals surface area (Å²) in [5.41, 5.74) is 4.47. The number of imidazole rings is 1. The van der Waals surface area contributed by atoms with Crippen LogP contribution in [0.5, 0.6) is 0 Å². The lowest BCUT2D eigenvalue weighted by Gasteiger charge is -2.34. The van der Waals surface area contributed by atoms with Crippen LogP contribution in [0, 0.1) is 6.92 Å². The van der Waals surface area contributed by atoms with Gasteiger partial charge in [0.2, 0.25) is 5.91 Å². The fourth-order valence-corrected chi connectivity index (χ4v) is 3.95. The summed E-state index contributed by atoms with van der Waals surface area (Å²) >= 11 is 0. The van der Waals surface area contributed by atoms with E-state index in [1.807, 2.05) is 18.2 Å². The Morgan fingerprint density at radius 2 is 1.62 bits per heavy atom. The number of carbonyl (C=O) groups is 1. The first-order valence-electron chi connectivity index (χ1n) is 10.8. The van der Waals surface area contributed by atoms with Gasteiger partial charge in [-0.25, -0.2) is 4.98 Å². The van der Waals surface area contributed by atoms with E-state index >= 15 is 0 Å². The zero-order valence-corrected chi connectivity index (χ0v) is 18.4. The van der Waals surface area contributed by atoms with E-state index in [2.05, 4.69) is 74.4 Å². The fraction of sp³-hybridized carbons (Fsp3) is 0.440. The Bertz CT molecular complexity index is 965. The molecule has 154 valence electrons. The molecule has 2 aromatic carbocycles. The van der Waals surface area contributed by atoms with Crippen LogP contribution in [0.1, 0.15) is 57.5 Å². The molecule has 29 heavy (non-hydrogen) atoms. The van der Waals surface area contributed by atoms with Crippen molar-refractivity contribution in [2.24, 2.45) is 0 Å². The third kappa shape index (κ3) is 4.52. The average Bonchev–Trinajstić information content (AvgIpc) is 3.06. The van der Waals surface area contributed by atoms with E-state index in [4.69, 9.17) is 4.98 Å². The topological polar surface area (TPSA) is 38.1 Å². The van der Waals surface area contributed by atoms with Crippen LogP contribution in [-0.2, 0) is 17.8 Å². The second-order valence-corrected chi connectivity index (χ2v) is 8.02. The molecule has 0 N–H and O–H groups in total. The molecule has 0 aliphatic rings. The molecule has 1 amide bonds. The Labute approximate surface area is 174 Å². The van der Waals surface area contributed by atoms with Crippen molar-refractivity contribution in [3.8, 4) is 0 Å². The molecule has 0 aliphatic heterocycles. The highest BCUT2D eigenvalue weighted by molar-refractivity contribution is 5.81. The van der Waals surface area contributed by atoms with Gasteiger partial charge in [0.25, 0.3) is 0 Å². The van der Waals surface area contributed by atoms with Gasteiger partial charge in [-0.15, -0.1) is 0 Å². The fourth-order valence-electron chi connectivity index (χ4n) is 3.95. The summed E-state index contributed by atoms with van der Waals surface area (Å²) in [4.78, 5) is 20.3. The minimum absolute atomic E-state index is 0.169. The molecule has 3 rings (SSSR count). The molecule has 0 saturated heterocycles. The second kappa shape index (κ2) is 9.25. The zero-order valence-electron chi connectivity index (χ0n) is 18.4. The van der Waals surface area contributed by atoms with Gasteiger partial charge in [0.1, 0.15) is 12.4 Å². The summed E-state index contributed by atoms with van der Waals surface area (Å²) in [6, 6.07) is 17.0. The van der Waals surface area contributed by atoms with Crippen molar-refractivity contribution in [1.82, 2.24) is 14.5 Å². The molecule has 0 fully saturated rings. The van der Waals surface area contributed by atoms with Crippen molar-refractivity contribution in [3.05, 3.63) is 65.5 Å². The molecule has 4 heteroatoms. The van der Waals surface area contributed by atoms with Crippen molar-refractivity contribution in [2.45, 2.75) is 72.5 Å². The van der Waals surface area contributed by atoms with Crippen LogP contribution in [0.2, 0.25) is 0 Å². The van der Waals surface area contributed by atoms with E-state index < -0.39 is 0 Å².